The maximum Gasteiger partial charge on any atom is 0.280 e. The van der Waals surface area contributed by atoms with Crippen molar-refractivity contribution in [1.82, 2.24) is 15.0 Å². The summed E-state index contributed by atoms with van der Waals surface area (Å²) in [6.07, 6.45) is 0.133. The van der Waals surface area contributed by atoms with Gasteiger partial charge >= 0.3 is 0 Å². The molecule has 33 heavy (non-hydrogen) atoms. The summed E-state index contributed by atoms with van der Waals surface area (Å²) in [5.41, 5.74) is 13.4. The summed E-state index contributed by atoms with van der Waals surface area (Å²) in [5.74, 6) is -0.481. The van der Waals surface area contributed by atoms with Crippen molar-refractivity contribution in [2.75, 3.05) is 18.9 Å². The first kappa shape index (κ1) is 23.7. The van der Waals surface area contributed by atoms with E-state index in [9.17, 15) is 13.2 Å². The molecule has 0 fully saturated rings. The van der Waals surface area contributed by atoms with E-state index < -0.39 is 17.9 Å². The van der Waals surface area contributed by atoms with Crippen LogP contribution in [0.3, 0.4) is 0 Å². The molecular formula is C23H23F3N6O. The zero-order chi connectivity index (χ0) is 24.0. The summed E-state index contributed by atoms with van der Waals surface area (Å²) in [5, 5.41) is 0. The van der Waals surface area contributed by atoms with Crippen molar-refractivity contribution in [3.63, 3.8) is 0 Å². The SMILES string of the molecule is CCN=C(/C=C\N)COc1nc(N)nc(-c2ccc(F)cc2)c1-c1cc(C)nc(C(F)F)c1. The van der Waals surface area contributed by atoms with Crippen molar-refractivity contribution in [3.8, 4) is 28.3 Å². The van der Waals surface area contributed by atoms with Crippen molar-refractivity contribution < 1.29 is 17.9 Å². The standard InChI is InChI=1S/C23H23F3N6O/c1-3-29-17(8-9-27)12-33-22-19(15-10-13(2)30-18(11-15)21(25)26)20(31-23(28)32-22)14-4-6-16(24)7-5-14/h4-11,21H,3,12,27H2,1-2H3,(H2,28,31,32)/b9-8-,29-17?. The number of benzene rings is 1. The molecule has 3 rings (SSSR count). The quantitative estimate of drug-likeness (QED) is 0.483. The lowest BCUT2D eigenvalue weighted by Crippen LogP contribution is -2.13. The van der Waals surface area contributed by atoms with Gasteiger partial charge in [0.1, 0.15) is 18.1 Å². The van der Waals surface area contributed by atoms with Gasteiger partial charge in [-0.15, -0.1) is 0 Å². The smallest absolute Gasteiger partial charge is 0.280 e. The number of anilines is 1. The summed E-state index contributed by atoms with van der Waals surface area (Å²) in [6.45, 7) is 3.96. The van der Waals surface area contributed by atoms with Crippen LogP contribution < -0.4 is 16.2 Å². The Labute approximate surface area is 189 Å². The third-order valence-electron chi connectivity index (χ3n) is 4.50. The number of hydrogen-bond acceptors (Lipinski definition) is 7. The largest absolute Gasteiger partial charge is 0.471 e. The molecule has 0 saturated heterocycles. The second-order valence-corrected chi connectivity index (χ2v) is 6.95. The maximum absolute atomic E-state index is 13.5. The number of aryl methyl sites for hydroxylation is 1. The van der Waals surface area contributed by atoms with Crippen LogP contribution in [0.25, 0.3) is 22.4 Å². The fraction of sp³-hybridized carbons (Fsp3) is 0.217. The molecule has 0 amide bonds. The topological polar surface area (TPSA) is 112 Å². The average Bonchev–Trinajstić information content (AvgIpc) is 2.77. The van der Waals surface area contributed by atoms with E-state index in [-0.39, 0.29) is 18.4 Å². The van der Waals surface area contributed by atoms with Crippen LogP contribution in [0.1, 0.15) is 24.7 Å². The highest BCUT2D eigenvalue weighted by Crippen LogP contribution is 2.39. The number of nitrogen functional groups attached to an aromatic ring is 1. The van der Waals surface area contributed by atoms with Gasteiger partial charge in [0, 0.05) is 17.8 Å². The van der Waals surface area contributed by atoms with Gasteiger partial charge in [0.2, 0.25) is 11.8 Å². The minimum Gasteiger partial charge on any atom is -0.471 e. The van der Waals surface area contributed by atoms with Crippen LogP contribution in [0.15, 0.2) is 53.7 Å². The van der Waals surface area contributed by atoms with E-state index in [2.05, 4.69) is 19.9 Å². The monoisotopic (exact) mass is 456 g/mol. The van der Waals surface area contributed by atoms with E-state index in [4.69, 9.17) is 16.2 Å². The molecule has 1 aromatic carbocycles. The Hall–Kier alpha value is -3.95. The number of alkyl halides is 2. The fourth-order valence-electron chi connectivity index (χ4n) is 3.19. The highest BCUT2D eigenvalue weighted by molar-refractivity contribution is 5.96. The molecular weight excluding hydrogens is 433 g/mol. The van der Waals surface area contributed by atoms with Crippen LogP contribution >= 0.6 is 0 Å². The fourth-order valence-corrected chi connectivity index (χ4v) is 3.19. The van der Waals surface area contributed by atoms with Gasteiger partial charge in [0.15, 0.2) is 0 Å². The number of pyridine rings is 1. The Morgan fingerprint density at radius 1 is 1.12 bits per heavy atom. The van der Waals surface area contributed by atoms with Crippen molar-refractivity contribution in [1.29, 1.82) is 0 Å². The molecule has 0 aliphatic heterocycles. The number of aromatic nitrogens is 3. The highest BCUT2D eigenvalue weighted by Gasteiger charge is 2.21. The number of halogens is 3. The normalized spacial score (nSPS) is 12.0. The third-order valence-corrected chi connectivity index (χ3v) is 4.50. The number of aliphatic imine (C=N–C) groups is 1. The Kier molecular flexibility index (Phi) is 7.60. The van der Waals surface area contributed by atoms with Crippen molar-refractivity contribution in [3.05, 3.63) is 65.9 Å². The summed E-state index contributed by atoms with van der Waals surface area (Å²) >= 11 is 0. The predicted molar refractivity (Wildman–Crippen MR) is 122 cm³/mol. The van der Waals surface area contributed by atoms with Gasteiger partial charge in [-0.05, 0) is 68.1 Å². The van der Waals surface area contributed by atoms with E-state index >= 15 is 0 Å². The molecule has 4 N–H and O–H groups in total. The predicted octanol–water partition coefficient (Wildman–Crippen LogP) is 4.49. The average molecular weight is 456 g/mol. The van der Waals surface area contributed by atoms with E-state index in [1.807, 2.05) is 6.92 Å². The van der Waals surface area contributed by atoms with E-state index in [1.165, 1.54) is 36.5 Å². The molecule has 0 atom stereocenters. The van der Waals surface area contributed by atoms with Gasteiger partial charge in [-0.3, -0.25) is 9.98 Å². The second kappa shape index (κ2) is 10.6. The molecule has 10 heteroatoms. The third kappa shape index (κ3) is 5.85. The maximum atomic E-state index is 13.5. The van der Waals surface area contributed by atoms with Crippen LogP contribution in [0, 0.1) is 12.7 Å². The lowest BCUT2D eigenvalue weighted by atomic mass is 9.99. The first-order chi connectivity index (χ1) is 15.8. The molecule has 0 aliphatic rings. The minimum absolute atomic E-state index is 0.000376. The molecule has 0 saturated carbocycles. The molecule has 0 radical (unpaired) electrons. The zero-order valence-corrected chi connectivity index (χ0v) is 18.1. The van der Waals surface area contributed by atoms with Gasteiger partial charge in [-0.2, -0.15) is 4.98 Å². The van der Waals surface area contributed by atoms with E-state index in [0.717, 1.165) is 0 Å². The first-order valence-electron chi connectivity index (χ1n) is 10.1. The van der Waals surface area contributed by atoms with Crippen LogP contribution in [0.4, 0.5) is 19.1 Å². The molecule has 7 nitrogen and oxygen atoms in total. The highest BCUT2D eigenvalue weighted by atomic mass is 19.3. The molecule has 0 spiro atoms. The lowest BCUT2D eigenvalue weighted by Gasteiger charge is -2.16. The summed E-state index contributed by atoms with van der Waals surface area (Å²) in [6, 6.07) is 8.40. The van der Waals surface area contributed by atoms with Gasteiger partial charge in [-0.25, -0.2) is 18.2 Å². The van der Waals surface area contributed by atoms with Crippen molar-refractivity contribution in [2.45, 2.75) is 20.3 Å². The molecule has 172 valence electrons. The zero-order valence-electron chi connectivity index (χ0n) is 18.1. The molecule has 2 heterocycles. The summed E-state index contributed by atoms with van der Waals surface area (Å²) in [7, 11) is 0. The number of hydrogen-bond donors (Lipinski definition) is 2. The summed E-state index contributed by atoms with van der Waals surface area (Å²) in [4.78, 5) is 16.7. The molecule has 0 aliphatic carbocycles. The molecule has 0 bridgehead atoms. The number of ether oxygens (including phenoxy) is 1. The Morgan fingerprint density at radius 3 is 2.48 bits per heavy atom. The molecule has 3 aromatic rings. The minimum atomic E-state index is -2.78. The van der Waals surface area contributed by atoms with Gasteiger partial charge in [0.25, 0.3) is 6.43 Å². The lowest BCUT2D eigenvalue weighted by molar-refractivity contribution is 0.146. The Bertz CT molecular complexity index is 1180. The number of nitrogens with zero attached hydrogens (tertiary/aromatic N) is 4. The summed E-state index contributed by atoms with van der Waals surface area (Å²) < 4.78 is 46.4. The van der Waals surface area contributed by atoms with Crippen molar-refractivity contribution in [2.24, 2.45) is 10.7 Å². The van der Waals surface area contributed by atoms with Crippen LogP contribution in [-0.2, 0) is 0 Å². The second-order valence-electron chi connectivity index (χ2n) is 6.95. The van der Waals surface area contributed by atoms with Gasteiger partial charge < -0.3 is 16.2 Å². The van der Waals surface area contributed by atoms with E-state index in [0.29, 0.717) is 40.3 Å². The van der Waals surface area contributed by atoms with E-state index in [1.54, 1.807) is 19.1 Å². The van der Waals surface area contributed by atoms with Crippen LogP contribution in [0.2, 0.25) is 0 Å². The Morgan fingerprint density at radius 2 is 1.85 bits per heavy atom. The molecule has 0 unspecified atom stereocenters. The van der Waals surface area contributed by atoms with Gasteiger partial charge in [0.05, 0.1) is 17.0 Å². The van der Waals surface area contributed by atoms with Crippen molar-refractivity contribution >= 4 is 11.7 Å². The number of nitrogens with two attached hydrogens (primary N) is 2. The van der Waals surface area contributed by atoms with Crippen LogP contribution in [0.5, 0.6) is 5.88 Å². The number of rotatable bonds is 8. The Balaban J connectivity index is 2.23. The first-order valence-corrected chi connectivity index (χ1v) is 10.1. The van der Waals surface area contributed by atoms with Crippen LogP contribution in [-0.4, -0.2) is 33.8 Å². The van der Waals surface area contributed by atoms with Gasteiger partial charge in [-0.1, -0.05) is 0 Å². The molecule has 2 aromatic heterocycles.